The van der Waals surface area contributed by atoms with Gasteiger partial charge in [0.25, 0.3) is 0 Å². The molecule has 0 aromatic heterocycles. The Balaban J connectivity index is 1.86. The number of aliphatic hydroxyl groups excluding tert-OH is 1. The standard InChI is InChI=1S/C18H23NO4/c1-19-7-6-10-4-5-13-16(17(10)19)11-8-14(21-2)15(22-3)9-12(11)18(20)23-13/h4,8-9,13,16-18,20H,5-7H2,1-3H3/t13-,16?,17-,18+/m1/s1. The van der Waals surface area contributed by atoms with Crippen molar-refractivity contribution in [1.82, 2.24) is 4.90 Å². The van der Waals surface area contributed by atoms with E-state index in [4.69, 9.17) is 14.2 Å². The molecule has 5 nitrogen and oxygen atoms in total. The number of likely N-dealkylation sites (N-methyl/N-ethyl adjacent to an activating group) is 1. The van der Waals surface area contributed by atoms with Crippen LogP contribution in [-0.2, 0) is 4.74 Å². The summed E-state index contributed by atoms with van der Waals surface area (Å²) in [6.07, 6.45) is 3.37. The van der Waals surface area contributed by atoms with Gasteiger partial charge in [0.05, 0.1) is 20.3 Å². The van der Waals surface area contributed by atoms with Gasteiger partial charge in [0, 0.05) is 24.1 Å². The quantitative estimate of drug-likeness (QED) is 0.848. The molecule has 23 heavy (non-hydrogen) atoms. The molecule has 4 rings (SSSR count). The first-order chi connectivity index (χ1) is 11.1. The average Bonchev–Trinajstić information content (AvgIpc) is 2.95. The minimum atomic E-state index is -0.910. The van der Waals surface area contributed by atoms with Crippen LogP contribution in [0.3, 0.4) is 0 Å². The largest absolute Gasteiger partial charge is 0.493 e. The molecule has 1 aromatic rings. The third kappa shape index (κ3) is 2.18. The summed E-state index contributed by atoms with van der Waals surface area (Å²) in [5.74, 6) is 1.55. The molecule has 1 aromatic carbocycles. The summed E-state index contributed by atoms with van der Waals surface area (Å²) >= 11 is 0. The van der Waals surface area contributed by atoms with Gasteiger partial charge in [0.2, 0.25) is 0 Å². The maximum absolute atomic E-state index is 10.4. The Bertz CT molecular complexity index is 657. The van der Waals surface area contributed by atoms with Gasteiger partial charge in [-0.05, 0) is 37.6 Å². The molecule has 1 aliphatic carbocycles. The molecule has 0 radical (unpaired) electrons. The normalized spacial score (nSPS) is 32.6. The minimum Gasteiger partial charge on any atom is -0.493 e. The van der Waals surface area contributed by atoms with E-state index in [0.717, 1.165) is 30.5 Å². The molecule has 1 fully saturated rings. The summed E-state index contributed by atoms with van der Waals surface area (Å²) in [4.78, 5) is 2.39. The highest BCUT2D eigenvalue weighted by Gasteiger charge is 2.46. The second-order valence-electron chi connectivity index (χ2n) is 6.58. The number of methoxy groups -OCH3 is 2. The van der Waals surface area contributed by atoms with Crippen molar-refractivity contribution in [3.05, 3.63) is 34.9 Å². The summed E-state index contributed by atoms with van der Waals surface area (Å²) < 4.78 is 16.8. The minimum absolute atomic E-state index is 0.00454. The maximum atomic E-state index is 10.4. The van der Waals surface area contributed by atoms with Crippen LogP contribution in [0.1, 0.15) is 36.2 Å². The second-order valence-corrected chi connectivity index (χ2v) is 6.58. The molecule has 4 atom stereocenters. The first kappa shape index (κ1) is 15.0. The van der Waals surface area contributed by atoms with Crippen molar-refractivity contribution in [1.29, 1.82) is 0 Å². The molecule has 0 saturated carbocycles. The van der Waals surface area contributed by atoms with Crippen LogP contribution in [0.2, 0.25) is 0 Å². The molecule has 2 heterocycles. The van der Waals surface area contributed by atoms with E-state index in [9.17, 15) is 5.11 Å². The number of hydrogen-bond acceptors (Lipinski definition) is 5. The average molecular weight is 317 g/mol. The molecule has 124 valence electrons. The molecule has 0 amide bonds. The number of hydrogen-bond donors (Lipinski definition) is 1. The van der Waals surface area contributed by atoms with Gasteiger partial charge in [-0.3, -0.25) is 4.90 Å². The van der Waals surface area contributed by atoms with Gasteiger partial charge in [-0.15, -0.1) is 0 Å². The molecule has 0 bridgehead atoms. The van der Waals surface area contributed by atoms with Crippen molar-refractivity contribution in [2.75, 3.05) is 27.8 Å². The molecule has 1 N–H and O–H groups in total. The fourth-order valence-electron chi connectivity index (χ4n) is 4.38. The monoisotopic (exact) mass is 317 g/mol. The Morgan fingerprint density at radius 3 is 2.57 bits per heavy atom. The van der Waals surface area contributed by atoms with Crippen LogP contribution in [0, 0.1) is 0 Å². The van der Waals surface area contributed by atoms with E-state index in [1.54, 1.807) is 14.2 Å². The fourth-order valence-corrected chi connectivity index (χ4v) is 4.38. The van der Waals surface area contributed by atoms with Gasteiger partial charge < -0.3 is 19.3 Å². The van der Waals surface area contributed by atoms with Gasteiger partial charge in [0.1, 0.15) is 0 Å². The van der Waals surface area contributed by atoms with Gasteiger partial charge in [-0.1, -0.05) is 11.6 Å². The zero-order chi connectivity index (χ0) is 16.1. The van der Waals surface area contributed by atoms with E-state index in [2.05, 4.69) is 18.0 Å². The molecule has 1 saturated heterocycles. The van der Waals surface area contributed by atoms with E-state index in [1.165, 1.54) is 5.57 Å². The summed E-state index contributed by atoms with van der Waals surface area (Å²) in [6.45, 7) is 1.07. The van der Waals surface area contributed by atoms with Gasteiger partial charge in [-0.25, -0.2) is 0 Å². The van der Waals surface area contributed by atoms with E-state index in [0.29, 0.717) is 17.5 Å². The summed E-state index contributed by atoms with van der Waals surface area (Å²) in [5, 5.41) is 10.4. The van der Waals surface area contributed by atoms with Crippen molar-refractivity contribution >= 4 is 0 Å². The van der Waals surface area contributed by atoms with Crippen LogP contribution >= 0.6 is 0 Å². The van der Waals surface area contributed by atoms with Crippen molar-refractivity contribution < 1.29 is 19.3 Å². The maximum Gasteiger partial charge on any atom is 0.181 e. The number of rotatable bonds is 2. The Morgan fingerprint density at radius 1 is 1.17 bits per heavy atom. The highest BCUT2D eigenvalue weighted by atomic mass is 16.6. The van der Waals surface area contributed by atoms with Crippen molar-refractivity contribution in [3.8, 4) is 11.5 Å². The third-order valence-corrected chi connectivity index (χ3v) is 5.48. The predicted octanol–water partition coefficient (Wildman–Crippen LogP) is 2.21. The Morgan fingerprint density at radius 2 is 1.87 bits per heavy atom. The molecule has 2 aliphatic heterocycles. The number of fused-ring (bicyclic) bond motifs is 5. The summed E-state index contributed by atoms with van der Waals surface area (Å²) in [7, 11) is 5.42. The highest BCUT2D eigenvalue weighted by molar-refractivity contribution is 5.52. The number of nitrogens with zero attached hydrogens (tertiary/aromatic N) is 1. The van der Waals surface area contributed by atoms with E-state index >= 15 is 0 Å². The lowest BCUT2D eigenvalue weighted by Crippen LogP contribution is -2.44. The molecule has 0 spiro atoms. The van der Waals surface area contributed by atoms with Crippen LogP contribution in [0.15, 0.2) is 23.8 Å². The second kappa shape index (κ2) is 5.51. The van der Waals surface area contributed by atoms with Gasteiger partial charge in [0.15, 0.2) is 17.8 Å². The van der Waals surface area contributed by atoms with E-state index in [-0.39, 0.29) is 12.0 Å². The summed E-state index contributed by atoms with van der Waals surface area (Å²) in [5.41, 5.74) is 3.41. The van der Waals surface area contributed by atoms with Crippen LogP contribution in [-0.4, -0.2) is 50.0 Å². The van der Waals surface area contributed by atoms with E-state index in [1.807, 2.05) is 12.1 Å². The van der Waals surface area contributed by atoms with Crippen molar-refractivity contribution in [3.63, 3.8) is 0 Å². The number of likely N-dealkylation sites (tertiary alicyclic amines) is 1. The lowest BCUT2D eigenvalue weighted by Gasteiger charge is -2.44. The summed E-state index contributed by atoms with van der Waals surface area (Å²) in [6, 6.07) is 4.22. The van der Waals surface area contributed by atoms with Crippen LogP contribution in [0.25, 0.3) is 0 Å². The zero-order valence-corrected chi connectivity index (χ0v) is 13.8. The van der Waals surface area contributed by atoms with Crippen molar-refractivity contribution in [2.24, 2.45) is 0 Å². The Kier molecular flexibility index (Phi) is 3.59. The first-order valence-electron chi connectivity index (χ1n) is 8.12. The lowest BCUT2D eigenvalue weighted by atomic mass is 9.74. The number of benzene rings is 1. The fraction of sp³-hybridized carbons (Fsp3) is 0.556. The van der Waals surface area contributed by atoms with E-state index < -0.39 is 6.29 Å². The zero-order valence-electron chi connectivity index (χ0n) is 13.8. The SMILES string of the molecule is COc1cc2c(cc1OC)[C@@H](O)O[C@@H]1CC=C3CCN(C)[C@H]3C21. The third-order valence-electron chi connectivity index (χ3n) is 5.48. The van der Waals surface area contributed by atoms with Gasteiger partial charge >= 0.3 is 0 Å². The van der Waals surface area contributed by atoms with Gasteiger partial charge in [-0.2, -0.15) is 0 Å². The Labute approximate surface area is 136 Å². The molecular weight excluding hydrogens is 294 g/mol. The predicted molar refractivity (Wildman–Crippen MR) is 85.9 cm³/mol. The van der Waals surface area contributed by atoms with Crippen molar-refractivity contribution in [2.45, 2.75) is 37.2 Å². The Hall–Kier alpha value is -1.56. The van der Waals surface area contributed by atoms with Crippen LogP contribution in [0.5, 0.6) is 11.5 Å². The number of ether oxygens (including phenoxy) is 3. The topological polar surface area (TPSA) is 51.2 Å². The smallest absolute Gasteiger partial charge is 0.181 e. The molecule has 3 aliphatic rings. The van der Waals surface area contributed by atoms with Crippen LogP contribution in [0.4, 0.5) is 0 Å². The first-order valence-corrected chi connectivity index (χ1v) is 8.12. The van der Waals surface area contributed by atoms with Crippen LogP contribution < -0.4 is 9.47 Å². The lowest BCUT2D eigenvalue weighted by molar-refractivity contribution is -0.162. The molecular formula is C18H23NO4. The molecule has 5 heteroatoms. The highest BCUT2D eigenvalue weighted by Crippen LogP contribution is 2.50. The number of aliphatic hydroxyl groups is 1. The molecule has 1 unspecified atom stereocenters.